The Bertz CT molecular complexity index is 1270. The van der Waals surface area contributed by atoms with E-state index in [9.17, 15) is 8.42 Å². The normalized spacial score (nSPS) is 8.71. The molecule has 0 radical (unpaired) electrons. The molecule has 0 spiro atoms. The number of aromatic nitrogens is 2. The molecule has 0 aliphatic heterocycles. The van der Waals surface area contributed by atoms with Gasteiger partial charge in [-0.25, -0.2) is 18.2 Å². The van der Waals surface area contributed by atoms with Crippen LogP contribution in [0.1, 0.15) is 21.8 Å². The number of methoxy groups -OCH3 is 1. The van der Waals surface area contributed by atoms with Crippen molar-refractivity contribution in [1.82, 2.24) is 9.78 Å². The summed E-state index contributed by atoms with van der Waals surface area (Å²) in [6.45, 7) is 1.65. The quantitative estimate of drug-likeness (QED) is 0.215. The molecule has 0 unspecified atom stereocenters. The van der Waals surface area contributed by atoms with Crippen LogP contribution >= 0.6 is 36.0 Å². The number of aliphatic hydroxyl groups excluding tert-OH is 2. The van der Waals surface area contributed by atoms with Crippen LogP contribution in [-0.4, -0.2) is 51.3 Å². The number of terminal acetylenes is 1. The summed E-state index contributed by atoms with van der Waals surface area (Å²) in [4.78, 5) is -0.00504. The van der Waals surface area contributed by atoms with E-state index in [4.69, 9.17) is 31.7 Å². The van der Waals surface area contributed by atoms with Crippen molar-refractivity contribution in [3.8, 4) is 35.0 Å². The molecule has 10 N–H and O–H groups in total. The summed E-state index contributed by atoms with van der Waals surface area (Å²) >= 11 is 13.9. The van der Waals surface area contributed by atoms with Crippen molar-refractivity contribution < 1.29 is 28.8 Å². The molecule has 0 aliphatic carbocycles. The molecule has 38 heavy (non-hydrogen) atoms. The highest BCUT2D eigenvalue weighted by molar-refractivity contribution is 7.89. The minimum Gasteiger partial charge on any atom is -0.495 e. The molecule has 212 valence electrons. The minimum absolute atomic E-state index is 0. The lowest BCUT2D eigenvalue weighted by Gasteiger charge is -2.12. The summed E-state index contributed by atoms with van der Waals surface area (Å²) in [7, 11) is -2.35. The highest BCUT2D eigenvalue weighted by Crippen LogP contribution is 2.32. The van der Waals surface area contributed by atoms with E-state index in [0.717, 1.165) is 5.56 Å². The number of nitrogens with two attached hydrogens (primary N) is 3. The summed E-state index contributed by atoms with van der Waals surface area (Å²) in [5.41, 5.74) is 10.6. The summed E-state index contributed by atoms with van der Waals surface area (Å²) in [6.07, 6.45) is 6.17. The number of aliphatic hydroxyl groups is 2. The van der Waals surface area contributed by atoms with Gasteiger partial charge in [-0.2, -0.15) is 5.10 Å². The molecule has 0 saturated carbocycles. The molecule has 1 aromatic heterocycles. The van der Waals surface area contributed by atoms with Gasteiger partial charge in [0.15, 0.2) is 0 Å². The maximum atomic E-state index is 11.8. The fraction of sp³-hybridized carbons (Fsp3) is 0.174. The van der Waals surface area contributed by atoms with Crippen LogP contribution in [0.4, 0.5) is 0 Å². The van der Waals surface area contributed by atoms with Crippen LogP contribution in [0, 0.1) is 12.3 Å². The van der Waals surface area contributed by atoms with Crippen molar-refractivity contribution in [3.05, 3.63) is 59.8 Å². The number of primary sulfonamides is 1. The Kier molecular flexibility index (Phi) is 22.6. The molecule has 0 atom stereocenters. The molecule has 0 aliphatic rings. The Morgan fingerprint density at radius 1 is 1.11 bits per heavy atom. The first kappa shape index (κ1) is 41.7. The summed E-state index contributed by atoms with van der Waals surface area (Å²) in [5.74, 6) is 2.80. The molecule has 0 amide bonds. The van der Waals surface area contributed by atoms with Crippen molar-refractivity contribution in [2.45, 2.75) is 26.7 Å². The number of para-hydroxylation sites is 1. The standard InChI is InChI=1S/C16H14ClN3O3S.C3H4.2CH3NOS.2CH4.H2O/c1-23-15-7-6-11(10-12(15)17)13-8-9-19-20(13)14-4-2-3-5-16(14)24(18,21)22;1-3-2;2*2-1(3)4;;;/h2-10H,1H3,(H2,18,21,22);1H,2H3;2*(H3,2,3,4);2*1H4;1H2. The Morgan fingerprint density at radius 3 is 2.00 bits per heavy atom. The minimum atomic E-state index is -3.88. The second kappa shape index (κ2) is 20.6. The van der Waals surface area contributed by atoms with E-state index < -0.39 is 20.4 Å². The van der Waals surface area contributed by atoms with E-state index in [2.05, 4.69) is 53.3 Å². The van der Waals surface area contributed by atoms with E-state index >= 15 is 0 Å². The third-order valence-electron chi connectivity index (χ3n) is 3.49. The van der Waals surface area contributed by atoms with Crippen LogP contribution in [0.25, 0.3) is 16.9 Å². The largest absolute Gasteiger partial charge is 0.495 e. The third kappa shape index (κ3) is 15.0. The number of benzene rings is 2. The van der Waals surface area contributed by atoms with Crippen LogP contribution in [-0.2, 0) is 10.0 Å². The van der Waals surface area contributed by atoms with Crippen LogP contribution in [0.15, 0.2) is 59.6 Å². The predicted molar refractivity (Wildman–Crippen MR) is 162 cm³/mol. The van der Waals surface area contributed by atoms with Crippen molar-refractivity contribution in [3.63, 3.8) is 0 Å². The van der Waals surface area contributed by atoms with Crippen LogP contribution in [0.5, 0.6) is 5.75 Å². The van der Waals surface area contributed by atoms with Gasteiger partial charge in [-0.1, -0.05) is 38.6 Å². The molecule has 11 nitrogen and oxygen atoms in total. The van der Waals surface area contributed by atoms with Gasteiger partial charge in [0, 0.05) is 5.56 Å². The fourth-order valence-corrected chi connectivity index (χ4v) is 3.38. The van der Waals surface area contributed by atoms with Crippen molar-refractivity contribution >= 4 is 56.4 Å². The zero-order chi connectivity index (χ0) is 27.2. The van der Waals surface area contributed by atoms with Gasteiger partial charge >= 0.3 is 0 Å². The average molecular weight is 608 g/mol. The molecule has 0 saturated heterocycles. The molecule has 3 aromatic rings. The van der Waals surface area contributed by atoms with Crippen LogP contribution < -0.4 is 21.3 Å². The number of ether oxygens (including phenoxy) is 1. The van der Waals surface area contributed by atoms with Gasteiger partial charge in [0.1, 0.15) is 10.6 Å². The third-order valence-corrected chi connectivity index (χ3v) is 4.74. The summed E-state index contributed by atoms with van der Waals surface area (Å²) < 4.78 is 30.3. The monoisotopic (exact) mass is 607 g/mol. The van der Waals surface area contributed by atoms with Gasteiger partial charge in [0.25, 0.3) is 10.3 Å². The molecule has 0 bridgehead atoms. The second-order valence-corrected chi connectivity index (χ2v) is 8.73. The molecular formula is C23H34ClN5O6S3. The van der Waals surface area contributed by atoms with Gasteiger partial charge in [0.2, 0.25) is 10.0 Å². The average Bonchev–Trinajstić information content (AvgIpc) is 3.23. The fourth-order valence-electron chi connectivity index (χ4n) is 2.41. The van der Waals surface area contributed by atoms with E-state index in [1.807, 2.05) is 6.07 Å². The van der Waals surface area contributed by atoms with Crippen molar-refractivity contribution in [2.75, 3.05) is 7.11 Å². The Morgan fingerprint density at radius 2 is 1.58 bits per heavy atom. The lowest BCUT2D eigenvalue weighted by molar-refractivity contribution is 0.415. The Hall–Kier alpha value is -3.45. The van der Waals surface area contributed by atoms with Gasteiger partial charge in [-0.05, 0) is 67.8 Å². The van der Waals surface area contributed by atoms with E-state index in [1.54, 1.807) is 49.5 Å². The molecular weight excluding hydrogens is 574 g/mol. The number of thiocarbonyl (C=S) groups is 2. The van der Waals surface area contributed by atoms with Crippen LogP contribution in [0.3, 0.4) is 0 Å². The topological polar surface area (TPSA) is 211 Å². The Labute approximate surface area is 239 Å². The first-order chi connectivity index (χ1) is 16.3. The van der Waals surface area contributed by atoms with Gasteiger partial charge < -0.3 is 31.9 Å². The van der Waals surface area contributed by atoms with E-state index in [0.29, 0.717) is 22.2 Å². The van der Waals surface area contributed by atoms with E-state index in [1.165, 1.54) is 17.9 Å². The number of sulfonamides is 1. The van der Waals surface area contributed by atoms with Crippen molar-refractivity contribution in [1.29, 1.82) is 0 Å². The maximum absolute atomic E-state index is 11.8. The maximum Gasteiger partial charge on any atom is 0.251 e. The van der Waals surface area contributed by atoms with Crippen LogP contribution in [0.2, 0.25) is 5.02 Å². The molecule has 0 fully saturated rings. The molecule has 3 rings (SSSR count). The molecule has 2 aromatic carbocycles. The Balaban J connectivity index is -0.000000355. The number of rotatable bonds is 4. The number of nitrogens with zero attached hydrogens (tertiary/aromatic N) is 2. The van der Waals surface area contributed by atoms with Crippen molar-refractivity contribution in [2.24, 2.45) is 16.6 Å². The molecule has 15 heteroatoms. The second-order valence-electron chi connectivity index (χ2n) is 5.96. The highest BCUT2D eigenvalue weighted by Gasteiger charge is 2.18. The smallest absolute Gasteiger partial charge is 0.251 e. The van der Waals surface area contributed by atoms with Gasteiger partial charge in [0.05, 0.1) is 29.7 Å². The predicted octanol–water partition coefficient (Wildman–Crippen LogP) is 3.51. The zero-order valence-corrected chi connectivity index (χ0v) is 22.3. The van der Waals surface area contributed by atoms with Gasteiger partial charge in [-0.15, -0.1) is 12.3 Å². The number of halogens is 1. The zero-order valence-electron chi connectivity index (χ0n) is 19.1. The lowest BCUT2D eigenvalue weighted by Crippen LogP contribution is -2.16. The lowest BCUT2D eigenvalue weighted by atomic mass is 10.1. The SMILES string of the molecule is C.C.C#CC.COc1ccc(-c2ccnn2-c2ccccc2S(N)(=O)=O)cc1Cl.NC(O)=S.NC(O)=S.O. The first-order valence-corrected chi connectivity index (χ1v) is 11.9. The number of hydrogen-bond donors (Lipinski definition) is 5. The first-order valence-electron chi connectivity index (χ1n) is 9.14. The summed E-state index contributed by atoms with van der Waals surface area (Å²) in [5, 5.41) is 24.1. The highest BCUT2D eigenvalue weighted by atomic mass is 35.5. The summed E-state index contributed by atoms with van der Waals surface area (Å²) in [6, 6.07) is 13.5. The molecule has 1 heterocycles. The van der Waals surface area contributed by atoms with Gasteiger partial charge in [-0.3, -0.25) is 0 Å². The number of hydrogen-bond acceptors (Lipinski definition) is 6. The van der Waals surface area contributed by atoms with E-state index in [-0.39, 0.29) is 25.2 Å².